The molecule has 0 spiro atoms. The highest BCUT2D eigenvalue weighted by atomic mass is 16.5. The van der Waals surface area contributed by atoms with Crippen LogP contribution in [0.4, 0.5) is 0 Å². The van der Waals surface area contributed by atoms with Crippen molar-refractivity contribution in [3.05, 3.63) is 47.3 Å². The molecule has 1 aliphatic rings. The lowest BCUT2D eigenvalue weighted by Crippen LogP contribution is -2.31. The maximum Gasteiger partial charge on any atom is 0.317 e. The Morgan fingerprint density at radius 3 is 2.81 bits per heavy atom. The van der Waals surface area contributed by atoms with Crippen molar-refractivity contribution in [3.8, 4) is 0 Å². The normalized spacial score (nSPS) is 15.7. The summed E-state index contributed by atoms with van der Waals surface area (Å²) in [4.78, 5) is 29.5. The number of carbonyl (C=O) groups is 2. The van der Waals surface area contributed by atoms with Gasteiger partial charge in [-0.05, 0) is 30.9 Å². The number of ether oxygens (including phenoxy) is 1. The zero-order valence-corrected chi connectivity index (χ0v) is 15.8. The van der Waals surface area contributed by atoms with Crippen molar-refractivity contribution < 1.29 is 19.4 Å². The molecule has 2 aromatic rings. The number of para-hydroxylation sites is 1. The average molecular weight is 370 g/mol. The Morgan fingerprint density at radius 2 is 2.11 bits per heavy atom. The van der Waals surface area contributed by atoms with Crippen LogP contribution in [0.2, 0.25) is 0 Å². The van der Waals surface area contributed by atoms with E-state index < -0.39 is 11.9 Å². The van der Waals surface area contributed by atoms with E-state index in [0.717, 1.165) is 29.3 Å². The second-order valence-electron chi connectivity index (χ2n) is 6.80. The Morgan fingerprint density at radius 1 is 1.33 bits per heavy atom. The van der Waals surface area contributed by atoms with E-state index in [2.05, 4.69) is 11.9 Å². The number of fused-ring (bicyclic) bond motifs is 1. The number of aromatic amines is 1. The van der Waals surface area contributed by atoms with Gasteiger partial charge in [0.2, 0.25) is 5.91 Å². The van der Waals surface area contributed by atoms with Gasteiger partial charge in [0, 0.05) is 35.8 Å². The lowest BCUT2D eigenvalue weighted by molar-refractivity contribution is -0.143. The van der Waals surface area contributed by atoms with E-state index in [4.69, 9.17) is 4.74 Å². The fourth-order valence-electron chi connectivity index (χ4n) is 3.67. The van der Waals surface area contributed by atoms with E-state index >= 15 is 0 Å². The molecule has 0 saturated heterocycles. The average Bonchev–Trinajstić information content (AvgIpc) is 3.06. The number of rotatable bonds is 7. The van der Waals surface area contributed by atoms with Gasteiger partial charge in [-0.3, -0.25) is 9.59 Å². The second-order valence-corrected chi connectivity index (χ2v) is 6.80. The number of nitrogens with one attached hydrogen (secondary N) is 1. The number of hydrogen-bond donors (Lipinski definition) is 2. The molecule has 0 bridgehead atoms. The first-order chi connectivity index (χ1) is 13.1. The van der Waals surface area contributed by atoms with E-state index in [0.29, 0.717) is 25.1 Å². The minimum absolute atomic E-state index is 0.125. The first kappa shape index (κ1) is 19.2. The number of aromatic nitrogens is 1. The van der Waals surface area contributed by atoms with Crippen molar-refractivity contribution in [3.63, 3.8) is 0 Å². The van der Waals surface area contributed by atoms with Crippen LogP contribution in [-0.2, 0) is 20.7 Å². The summed E-state index contributed by atoms with van der Waals surface area (Å²) < 4.78 is 4.86. The number of H-pyrrole nitrogens is 1. The first-order valence-electron chi connectivity index (χ1n) is 9.36. The fourth-order valence-corrected chi connectivity index (χ4v) is 3.67. The third-order valence-electron chi connectivity index (χ3n) is 5.24. The molecular weight excluding hydrogens is 344 g/mol. The van der Waals surface area contributed by atoms with Gasteiger partial charge in [0.05, 0.1) is 13.7 Å². The van der Waals surface area contributed by atoms with Gasteiger partial charge in [0.15, 0.2) is 0 Å². The number of esters is 1. The zero-order valence-electron chi connectivity index (χ0n) is 15.8. The highest BCUT2D eigenvalue weighted by molar-refractivity contribution is 5.88. The minimum atomic E-state index is -0.767. The molecule has 0 fully saturated rings. The summed E-state index contributed by atoms with van der Waals surface area (Å²) in [5.41, 5.74) is 3.78. The van der Waals surface area contributed by atoms with Crippen LogP contribution in [0.3, 0.4) is 0 Å². The van der Waals surface area contributed by atoms with Gasteiger partial charge in [0.25, 0.3) is 0 Å². The van der Waals surface area contributed by atoms with Crippen LogP contribution in [0.5, 0.6) is 0 Å². The highest BCUT2D eigenvalue weighted by Gasteiger charge is 2.27. The molecule has 0 saturated carbocycles. The molecule has 144 valence electrons. The van der Waals surface area contributed by atoms with Crippen LogP contribution < -0.4 is 0 Å². The van der Waals surface area contributed by atoms with Crippen LogP contribution in [0.25, 0.3) is 10.9 Å². The molecule has 1 aromatic heterocycles. The highest BCUT2D eigenvalue weighted by Crippen LogP contribution is 2.30. The number of benzene rings is 1. The van der Waals surface area contributed by atoms with Gasteiger partial charge in [-0.1, -0.05) is 30.7 Å². The van der Waals surface area contributed by atoms with E-state index in [-0.39, 0.29) is 12.5 Å². The number of aliphatic hydroxyl groups excluding tert-OH is 1. The molecule has 3 rings (SSSR count). The molecule has 2 N–H and O–H groups in total. The number of amides is 1. The fraction of sp³-hybridized carbons (Fsp3) is 0.429. The van der Waals surface area contributed by atoms with Crippen LogP contribution in [0, 0.1) is 0 Å². The topological polar surface area (TPSA) is 82.6 Å². The maximum absolute atomic E-state index is 12.3. The number of carbonyl (C=O) groups excluding carboxylic acids is 2. The standard InChI is InChI=1S/C21H26N2O4/c1-3-14-8-9-19(25)23(12-14)11-10-16-15-6-4-5-7-18(15)22-20(16)17(13-24)21(26)27-2/h4-7,12,17,22,24H,3,8-11,13H2,1-2H3/t17-/m0/s1. The summed E-state index contributed by atoms with van der Waals surface area (Å²) in [7, 11) is 1.32. The molecule has 1 atom stereocenters. The van der Waals surface area contributed by atoms with Crippen molar-refractivity contribution in [1.82, 2.24) is 9.88 Å². The van der Waals surface area contributed by atoms with E-state index in [1.54, 1.807) is 4.90 Å². The van der Waals surface area contributed by atoms with Crippen LogP contribution >= 0.6 is 0 Å². The molecule has 0 unspecified atom stereocenters. The van der Waals surface area contributed by atoms with Gasteiger partial charge in [0.1, 0.15) is 5.92 Å². The monoisotopic (exact) mass is 370 g/mol. The summed E-state index contributed by atoms with van der Waals surface area (Å²) in [6.07, 6.45) is 4.87. The van der Waals surface area contributed by atoms with E-state index in [9.17, 15) is 14.7 Å². The third-order valence-corrected chi connectivity index (χ3v) is 5.24. The molecule has 2 heterocycles. The maximum atomic E-state index is 12.3. The largest absolute Gasteiger partial charge is 0.468 e. The smallest absolute Gasteiger partial charge is 0.317 e. The lowest BCUT2D eigenvalue weighted by Gasteiger charge is -2.25. The number of methoxy groups -OCH3 is 1. The quantitative estimate of drug-likeness (QED) is 0.734. The summed E-state index contributed by atoms with van der Waals surface area (Å²) in [6, 6.07) is 7.79. The van der Waals surface area contributed by atoms with E-state index in [1.807, 2.05) is 30.5 Å². The predicted octanol–water partition coefficient (Wildman–Crippen LogP) is 2.88. The molecule has 27 heavy (non-hydrogen) atoms. The number of nitrogens with zero attached hydrogens (tertiary/aromatic N) is 1. The molecule has 1 aliphatic heterocycles. The van der Waals surface area contributed by atoms with Crippen molar-refractivity contribution >= 4 is 22.8 Å². The van der Waals surface area contributed by atoms with Gasteiger partial charge in [-0.15, -0.1) is 0 Å². The van der Waals surface area contributed by atoms with Crippen LogP contribution in [0.1, 0.15) is 43.4 Å². The summed E-state index contributed by atoms with van der Waals surface area (Å²) in [5.74, 6) is -1.12. The first-order valence-corrected chi connectivity index (χ1v) is 9.36. The Bertz CT molecular complexity index is 868. The summed E-state index contributed by atoms with van der Waals surface area (Å²) in [5, 5.41) is 10.8. The second kappa shape index (κ2) is 8.39. The molecule has 6 heteroatoms. The van der Waals surface area contributed by atoms with Crippen LogP contribution in [0.15, 0.2) is 36.0 Å². The number of allylic oxidation sites excluding steroid dienone is 1. The van der Waals surface area contributed by atoms with E-state index in [1.165, 1.54) is 12.7 Å². The van der Waals surface area contributed by atoms with Crippen molar-refractivity contribution in [2.75, 3.05) is 20.3 Å². The molecule has 1 amide bonds. The van der Waals surface area contributed by atoms with Gasteiger partial charge in [-0.2, -0.15) is 0 Å². The SMILES string of the molecule is CCC1=CN(CCc2c([C@H](CO)C(=O)OC)[nH]c3ccccc23)C(=O)CC1. The molecule has 0 radical (unpaired) electrons. The Kier molecular flexibility index (Phi) is 5.96. The van der Waals surface area contributed by atoms with Gasteiger partial charge < -0.3 is 19.7 Å². The molecule has 1 aromatic carbocycles. The summed E-state index contributed by atoms with van der Waals surface area (Å²) >= 11 is 0. The predicted molar refractivity (Wildman–Crippen MR) is 103 cm³/mol. The Balaban J connectivity index is 1.94. The Hall–Kier alpha value is -2.60. The van der Waals surface area contributed by atoms with Crippen LogP contribution in [-0.4, -0.2) is 47.1 Å². The number of hydrogen-bond acceptors (Lipinski definition) is 4. The van der Waals surface area contributed by atoms with Crippen molar-refractivity contribution in [2.45, 2.75) is 38.5 Å². The molecule has 6 nitrogen and oxygen atoms in total. The zero-order chi connectivity index (χ0) is 19.4. The number of aliphatic hydroxyl groups is 1. The van der Waals surface area contributed by atoms with Crippen molar-refractivity contribution in [2.24, 2.45) is 0 Å². The molecule has 0 aliphatic carbocycles. The third kappa shape index (κ3) is 3.90. The summed E-state index contributed by atoms with van der Waals surface area (Å²) in [6.45, 7) is 2.30. The lowest BCUT2D eigenvalue weighted by atomic mass is 9.98. The Labute approximate surface area is 158 Å². The van der Waals surface area contributed by atoms with Gasteiger partial charge >= 0.3 is 5.97 Å². The van der Waals surface area contributed by atoms with Crippen molar-refractivity contribution in [1.29, 1.82) is 0 Å². The molecular formula is C21H26N2O4. The van der Waals surface area contributed by atoms with Gasteiger partial charge in [-0.25, -0.2) is 0 Å². The minimum Gasteiger partial charge on any atom is -0.468 e.